The molecule has 0 spiro atoms. The molecule has 4 heteroatoms. The van der Waals surface area contributed by atoms with Gasteiger partial charge in [-0.2, -0.15) is 5.26 Å². The van der Waals surface area contributed by atoms with Crippen molar-refractivity contribution < 1.29 is 0 Å². The first-order valence-corrected chi connectivity index (χ1v) is 7.35. The van der Waals surface area contributed by atoms with Crippen molar-refractivity contribution in [2.75, 3.05) is 32.7 Å². The van der Waals surface area contributed by atoms with E-state index in [4.69, 9.17) is 5.26 Å². The largest absolute Gasteiger partial charge is 0.302 e. The SMILES string of the molecule is CCNC(C#N)CCN1CC2CCCN2CC1C. The Morgan fingerprint density at radius 3 is 3.00 bits per heavy atom. The predicted molar refractivity (Wildman–Crippen MR) is 73.3 cm³/mol. The van der Waals surface area contributed by atoms with Gasteiger partial charge in [-0.3, -0.25) is 9.80 Å². The molecule has 3 atom stereocenters. The van der Waals surface area contributed by atoms with Crippen LogP contribution >= 0.6 is 0 Å². The minimum Gasteiger partial charge on any atom is -0.302 e. The number of hydrogen-bond acceptors (Lipinski definition) is 4. The second kappa shape index (κ2) is 6.51. The van der Waals surface area contributed by atoms with Crippen LogP contribution in [0.25, 0.3) is 0 Å². The Labute approximate surface area is 111 Å². The summed E-state index contributed by atoms with van der Waals surface area (Å²) < 4.78 is 0. The summed E-state index contributed by atoms with van der Waals surface area (Å²) in [6, 6.07) is 3.79. The summed E-state index contributed by atoms with van der Waals surface area (Å²) in [6.07, 6.45) is 3.67. The third-order valence-corrected chi connectivity index (χ3v) is 4.38. The molecule has 1 N–H and O–H groups in total. The van der Waals surface area contributed by atoms with E-state index in [1.54, 1.807) is 0 Å². The van der Waals surface area contributed by atoms with E-state index >= 15 is 0 Å². The zero-order chi connectivity index (χ0) is 13.0. The van der Waals surface area contributed by atoms with Crippen LogP contribution in [0.3, 0.4) is 0 Å². The Hall–Kier alpha value is -0.630. The van der Waals surface area contributed by atoms with Crippen molar-refractivity contribution in [3.05, 3.63) is 0 Å². The Morgan fingerprint density at radius 1 is 1.44 bits per heavy atom. The number of hydrogen-bond donors (Lipinski definition) is 1. The number of fused-ring (bicyclic) bond motifs is 1. The van der Waals surface area contributed by atoms with Gasteiger partial charge in [-0.25, -0.2) is 0 Å². The van der Waals surface area contributed by atoms with Crippen LogP contribution in [-0.2, 0) is 0 Å². The highest BCUT2D eigenvalue weighted by Crippen LogP contribution is 2.24. The van der Waals surface area contributed by atoms with Crippen LogP contribution in [0.4, 0.5) is 0 Å². The fourth-order valence-corrected chi connectivity index (χ4v) is 3.31. The molecule has 3 unspecified atom stereocenters. The van der Waals surface area contributed by atoms with E-state index in [0.717, 1.165) is 25.6 Å². The smallest absolute Gasteiger partial charge is 0.0965 e. The Balaban J connectivity index is 1.80. The van der Waals surface area contributed by atoms with Gasteiger partial charge in [-0.15, -0.1) is 0 Å². The highest BCUT2D eigenvalue weighted by atomic mass is 15.3. The predicted octanol–water partition coefficient (Wildman–Crippen LogP) is 1.05. The number of rotatable bonds is 5. The molecule has 2 fully saturated rings. The molecule has 0 aromatic rings. The maximum atomic E-state index is 9.06. The van der Waals surface area contributed by atoms with Crippen molar-refractivity contribution in [1.29, 1.82) is 5.26 Å². The first-order valence-electron chi connectivity index (χ1n) is 7.35. The average Bonchev–Trinajstić information content (AvgIpc) is 2.81. The van der Waals surface area contributed by atoms with Gasteiger partial charge in [0, 0.05) is 31.7 Å². The Morgan fingerprint density at radius 2 is 2.28 bits per heavy atom. The quantitative estimate of drug-likeness (QED) is 0.792. The molecule has 0 aromatic heterocycles. The molecule has 102 valence electrons. The van der Waals surface area contributed by atoms with Crippen molar-refractivity contribution in [3.8, 4) is 6.07 Å². The van der Waals surface area contributed by atoms with E-state index in [1.165, 1.54) is 32.5 Å². The lowest BCUT2D eigenvalue weighted by atomic mass is 10.1. The molecule has 4 nitrogen and oxygen atoms in total. The van der Waals surface area contributed by atoms with Crippen molar-refractivity contribution in [1.82, 2.24) is 15.1 Å². The summed E-state index contributed by atoms with van der Waals surface area (Å²) in [5.41, 5.74) is 0. The summed E-state index contributed by atoms with van der Waals surface area (Å²) in [7, 11) is 0. The van der Waals surface area contributed by atoms with Gasteiger partial charge in [0.25, 0.3) is 0 Å². The molecule has 2 aliphatic rings. The maximum Gasteiger partial charge on any atom is 0.0965 e. The minimum absolute atomic E-state index is 0.0174. The Bertz CT molecular complexity index is 299. The second-order valence-corrected chi connectivity index (χ2v) is 5.66. The lowest BCUT2D eigenvalue weighted by molar-refractivity contribution is 0.0578. The summed E-state index contributed by atoms with van der Waals surface area (Å²) in [5.74, 6) is 0. The van der Waals surface area contributed by atoms with E-state index in [1.807, 2.05) is 0 Å². The van der Waals surface area contributed by atoms with E-state index in [2.05, 4.69) is 35.0 Å². The summed E-state index contributed by atoms with van der Waals surface area (Å²) >= 11 is 0. The molecule has 0 aliphatic carbocycles. The van der Waals surface area contributed by atoms with Crippen LogP contribution in [0.1, 0.15) is 33.1 Å². The fourth-order valence-electron chi connectivity index (χ4n) is 3.31. The van der Waals surface area contributed by atoms with Gasteiger partial charge in [-0.1, -0.05) is 6.92 Å². The molecule has 0 bridgehead atoms. The van der Waals surface area contributed by atoms with Gasteiger partial charge >= 0.3 is 0 Å². The standard InChI is InChI=1S/C14H26N4/c1-3-16-13(9-15)6-8-17-11-14-5-4-7-18(14)10-12(17)2/h12-14,16H,3-8,10-11H2,1-2H3. The van der Waals surface area contributed by atoms with Gasteiger partial charge in [0.1, 0.15) is 0 Å². The number of nitriles is 1. The monoisotopic (exact) mass is 250 g/mol. The molecule has 2 aliphatic heterocycles. The van der Waals surface area contributed by atoms with Gasteiger partial charge in [-0.05, 0) is 39.3 Å². The third kappa shape index (κ3) is 3.23. The molecular weight excluding hydrogens is 224 g/mol. The lowest BCUT2D eigenvalue weighted by Crippen LogP contribution is -2.55. The molecule has 0 saturated carbocycles. The van der Waals surface area contributed by atoms with Crippen molar-refractivity contribution >= 4 is 0 Å². The van der Waals surface area contributed by atoms with Crippen LogP contribution in [0.5, 0.6) is 0 Å². The van der Waals surface area contributed by atoms with Crippen molar-refractivity contribution in [3.63, 3.8) is 0 Å². The summed E-state index contributed by atoms with van der Waals surface area (Å²) in [6.45, 7) is 10.0. The molecule has 2 heterocycles. The van der Waals surface area contributed by atoms with Crippen LogP contribution in [0.15, 0.2) is 0 Å². The molecule has 0 aromatic carbocycles. The molecule has 2 saturated heterocycles. The van der Waals surface area contributed by atoms with E-state index in [9.17, 15) is 0 Å². The second-order valence-electron chi connectivity index (χ2n) is 5.66. The van der Waals surface area contributed by atoms with E-state index in [0.29, 0.717) is 6.04 Å². The fraction of sp³-hybridized carbons (Fsp3) is 0.929. The van der Waals surface area contributed by atoms with E-state index < -0.39 is 0 Å². The number of nitrogens with one attached hydrogen (secondary N) is 1. The zero-order valence-electron chi connectivity index (χ0n) is 11.7. The molecular formula is C14H26N4. The molecule has 2 rings (SSSR count). The molecule has 0 amide bonds. The van der Waals surface area contributed by atoms with Gasteiger partial charge in [0.05, 0.1) is 12.1 Å². The molecule has 0 radical (unpaired) electrons. The zero-order valence-corrected chi connectivity index (χ0v) is 11.7. The summed E-state index contributed by atoms with van der Waals surface area (Å²) in [5, 5.41) is 12.3. The first kappa shape index (κ1) is 13.8. The summed E-state index contributed by atoms with van der Waals surface area (Å²) in [4.78, 5) is 5.22. The highest BCUT2D eigenvalue weighted by molar-refractivity contribution is 4.93. The average molecular weight is 250 g/mol. The van der Waals surface area contributed by atoms with Crippen LogP contribution in [0.2, 0.25) is 0 Å². The highest BCUT2D eigenvalue weighted by Gasteiger charge is 2.34. The van der Waals surface area contributed by atoms with Crippen LogP contribution in [-0.4, -0.2) is 60.6 Å². The van der Waals surface area contributed by atoms with Crippen LogP contribution < -0.4 is 5.32 Å². The normalized spacial score (nSPS) is 30.9. The topological polar surface area (TPSA) is 42.3 Å². The number of piperazine rings is 1. The minimum atomic E-state index is 0.0174. The lowest BCUT2D eigenvalue weighted by Gasteiger charge is -2.42. The Kier molecular flexibility index (Phi) is 4.99. The first-order chi connectivity index (χ1) is 8.74. The molecule has 18 heavy (non-hydrogen) atoms. The number of nitrogens with zero attached hydrogens (tertiary/aromatic N) is 3. The third-order valence-electron chi connectivity index (χ3n) is 4.38. The van der Waals surface area contributed by atoms with Crippen molar-refractivity contribution in [2.45, 2.75) is 51.2 Å². The van der Waals surface area contributed by atoms with Crippen molar-refractivity contribution in [2.24, 2.45) is 0 Å². The van der Waals surface area contributed by atoms with Gasteiger partial charge in [0.15, 0.2) is 0 Å². The van der Waals surface area contributed by atoms with Crippen LogP contribution in [0, 0.1) is 11.3 Å². The van der Waals surface area contributed by atoms with E-state index in [-0.39, 0.29) is 6.04 Å². The maximum absolute atomic E-state index is 9.06. The van der Waals surface area contributed by atoms with Gasteiger partial charge in [0.2, 0.25) is 0 Å². The van der Waals surface area contributed by atoms with Gasteiger partial charge < -0.3 is 5.32 Å².